The van der Waals surface area contributed by atoms with Gasteiger partial charge in [-0.1, -0.05) is 29.3 Å². The van der Waals surface area contributed by atoms with E-state index < -0.39 is 0 Å². The number of hydrogen-bond acceptors (Lipinski definition) is 2. The zero-order valence-corrected chi connectivity index (χ0v) is 13.3. The molecule has 1 amide bonds. The summed E-state index contributed by atoms with van der Waals surface area (Å²) in [7, 11) is 0. The van der Waals surface area contributed by atoms with E-state index in [1.807, 2.05) is 12.1 Å². The molecule has 3 rings (SSSR count). The molecular formula is C16H20Cl2N2O. The minimum absolute atomic E-state index is 0.00411. The van der Waals surface area contributed by atoms with E-state index in [1.165, 1.54) is 6.42 Å². The van der Waals surface area contributed by atoms with Crippen molar-refractivity contribution >= 4 is 29.1 Å². The van der Waals surface area contributed by atoms with Gasteiger partial charge in [-0.25, -0.2) is 0 Å². The van der Waals surface area contributed by atoms with Gasteiger partial charge in [-0.05, 0) is 55.2 Å². The number of fused-ring (bicyclic) bond motifs is 2. The topological polar surface area (TPSA) is 55.1 Å². The maximum Gasteiger partial charge on any atom is 0.224 e. The van der Waals surface area contributed by atoms with Crippen LogP contribution in [-0.2, 0) is 11.2 Å². The van der Waals surface area contributed by atoms with Crippen molar-refractivity contribution in [3.05, 3.63) is 33.8 Å². The number of nitrogens with two attached hydrogens (primary N) is 1. The highest BCUT2D eigenvalue weighted by atomic mass is 35.5. The zero-order chi connectivity index (χ0) is 15.0. The number of amides is 1. The fraction of sp³-hybridized carbons (Fsp3) is 0.562. The Bertz CT molecular complexity index is 547. The second-order valence-electron chi connectivity index (χ2n) is 6.21. The highest BCUT2D eigenvalue weighted by Crippen LogP contribution is 2.47. The van der Waals surface area contributed by atoms with Crippen molar-refractivity contribution in [3.8, 4) is 0 Å². The van der Waals surface area contributed by atoms with E-state index in [0.29, 0.717) is 34.8 Å². The Morgan fingerprint density at radius 3 is 2.71 bits per heavy atom. The van der Waals surface area contributed by atoms with Gasteiger partial charge < -0.3 is 11.1 Å². The minimum atomic E-state index is 0.00411. The summed E-state index contributed by atoms with van der Waals surface area (Å²) < 4.78 is 0. The van der Waals surface area contributed by atoms with Crippen molar-refractivity contribution in [1.82, 2.24) is 5.32 Å². The van der Waals surface area contributed by atoms with Crippen LogP contribution in [0.15, 0.2) is 18.2 Å². The van der Waals surface area contributed by atoms with Crippen LogP contribution >= 0.6 is 23.2 Å². The summed E-state index contributed by atoms with van der Waals surface area (Å²) in [5.41, 5.74) is 7.19. The molecule has 4 atom stereocenters. The molecule has 114 valence electrons. The summed E-state index contributed by atoms with van der Waals surface area (Å²) in [4.78, 5) is 12.3. The number of nitrogens with one attached hydrogen (secondary N) is 1. The van der Waals surface area contributed by atoms with Crippen molar-refractivity contribution in [2.75, 3.05) is 6.54 Å². The molecule has 1 aromatic carbocycles. The van der Waals surface area contributed by atoms with E-state index in [2.05, 4.69) is 5.32 Å². The Labute approximate surface area is 135 Å². The Balaban J connectivity index is 1.52. The maximum absolute atomic E-state index is 12.3. The molecule has 0 saturated heterocycles. The second-order valence-corrected chi connectivity index (χ2v) is 7.06. The highest BCUT2D eigenvalue weighted by Gasteiger charge is 2.48. The van der Waals surface area contributed by atoms with Gasteiger partial charge >= 0.3 is 0 Å². The van der Waals surface area contributed by atoms with Crippen LogP contribution < -0.4 is 11.1 Å². The molecule has 0 radical (unpaired) electrons. The largest absolute Gasteiger partial charge is 0.355 e. The molecule has 1 aromatic rings. The van der Waals surface area contributed by atoms with Crippen LogP contribution in [0, 0.1) is 17.8 Å². The van der Waals surface area contributed by atoms with E-state index in [-0.39, 0.29) is 17.9 Å². The van der Waals surface area contributed by atoms with Gasteiger partial charge in [0, 0.05) is 22.6 Å². The average molecular weight is 327 g/mol. The van der Waals surface area contributed by atoms with E-state index >= 15 is 0 Å². The van der Waals surface area contributed by atoms with Crippen LogP contribution in [0.2, 0.25) is 10.0 Å². The molecule has 5 heteroatoms. The van der Waals surface area contributed by atoms with E-state index in [0.717, 1.165) is 18.4 Å². The Morgan fingerprint density at radius 2 is 2.05 bits per heavy atom. The number of carbonyl (C=O) groups is 1. The molecular weight excluding hydrogens is 307 g/mol. The molecule has 4 unspecified atom stereocenters. The standard InChI is InChI=1S/C16H20Cl2N2O/c17-12-4-3-9(13(18)8-12)5-6-20-16(21)14-10-1-2-11(7-10)15(14)19/h3-4,8,10-11,14-15H,1-2,5-7,19H2,(H,20,21). The monoisotopic (exact) mass is 326 g/mol. The first-order valence-corrected chi connectivity index (χ1v) is 8.29. The van der Waals surface area contributed by atoms with Crippen molar-refractivity contribution < 1.29 is 4.79 Å². The van der Waals surface area contributed by atoms with Gasteiger partial charge in [0.05, 0.1) is 5.92 Å². The summed E-state index contributed by atoms with van der Waals surface area (Å²) in [5.74, 6) is 1.16. The van der Waals surface area contributed by atoms with Gasteiger partial charge in [0.2, 0.25) is 5.91 Å². The molecule has 2 aliphatic rings. The van der Waals surface area contributed by atoms with Gasteiger partial charge in [0.15, 0.2) is 0 Å². The van der Waals surface area contributed by atoms with Crippen molar-refractivity contribution in [1.29, 1.82) is 0 Å². The maximum atomic E-state index is 12.3. The Hall–Kier alpha value is -0.770. The summed E-state index contributed by atoms with van der Waals surface area (Å²) in [6.07, 6.45) is 4.18. The molecule has 21 heavy (non-hydrogen) atoms. The highest BCUT2D eigenvalue weighted by molar-refractivity contribution is 6.35. The third-order valence-corrected chi connectivity index (χ3v) is 5.58. The Morgan fingerprint density at radius 1 is 1.29 bits per heavy atom. The predicted octanol–water partition coefficient (Wildman–Crippen LogP) is 3.03. The lowest BCUT2D eigenvalue weighted by atomic mass is 9.84. The fourth-order valence-corrected chi connectivity index (χ4v) is 4.39. The van der Waals surface area contributed by atoms with Crippen molar-refractivity contribution in [2.24, 2.45) is 23.5 Å². The number of carbonyl (C=O) groups excluding carboxylic acids is 1. The van der Waals surface area contributed by atoms with Crippen molar-refractivity contribution in [3.63, 3.8) is 0 Å². The number of benzene rings is 1. The third kappa shape index (κ3) is 3.05. The molecule has 0 heterocycles. The predicted molar refractivity (Wildman–Crippen MR) is 85.5 cm³/mol. The smallest absolute Gasteiger partial charge is 0.224 e. The average Bonchev–Trinajstić information content (AvgIpc) is 3.01. The van der Waals surface area contributed by atoms with Crippen LogP contribution in [0.5, 0.6) is 0 Å². The molecule has 0 aliphatic heterocycles. The molecule has 0 aromatic heterocycles. The normalized spacial score (nSPS) is 30.6. The summed E-state index contributed by atoms with van der Waals surface area (Å²) in [5, 5.41) is 4.29. The summed E-state index contributed by atoms with van der Waals surface area (Å²) >= 11 is 12.0. The summed E-state index contributed by atoms with van der Waals surface area (Å²) in [6, 6.07) is 5.49. The third-order valence-electron chi connectivity index (χ3n) is 4.99. The SMILES string of the molecule is NC1C2CCC(C2)C1C(=O)NCCc1ccc(Cl)cc1Cl. The summed E-state index contributed by atoms with van der Waals surface area (Å²) in [6.45, 7) is 0.584. The molecule has 2 fully saturated rings. The van der Waals surface area contributed by atoms with Gasteiger partial charge in [-0.15, -0.1) is 0 Å². The Kier molecular flexibility index (Phi) is 4.43. The van der Waals surface area contributed by atoms with Gasteiger partial charge in [-0.2, -0.15) is 0 Å². The molecule has 2 saturated carbocycles. The van der Waals surface area contributed by atoms with Gasteiger partial charge in [-0.3, -0.25) is 4.79 Å². The number of rotatable bonds is 4. The van der Waals surface area contributed by atoms with E-state index in [1.54, 1.807) is 6.07 Å². The lowest BCUT2D eigenvalue weighted by molar-refractivity contribution is -0.127. The number of hydrogen-bond donors (Lipinski definition) is 2. The van der Waals surface area contributed by atoms with Crippen LogP contribution in [0.25, 0.3) is 0 Å². The quantitative estimate of drug-likeness (QED) is 0.893. The van der Waals surface area contributed by atoms with Crippen molar-refractivity contribution in [2.45, 2.75) is 31.7 Å². The van der Waals surface area contributed by atoms with Gasteiger partial charge in [0.25, 0.3) is 0 Å². The van der Waals surface area contributed by atoms with E-state index in [9.17, 15) is 4.79 Å². The number of halogens is 2. The molecule has 2 aliphatic carbocycles. The second kappa shape index (κ2) is 6.15. The molecule has 3 nitrogen and oxygen atoms in total. The van der Waals surface area contributed by atoms with Crippen LogP contribution in [-0.4, -0.2) is 18.5 Å². The molecule has 0 spiro atoms. The first kappa shape index (κ1) is 15.1. The zero-order valence-electron chi connectivity index (χ0n) is 11.8. The van der Waals surface area contributed by atoms with Gasteiger partial charge in [0.1, 0.15) is 0 Å². The van der Waals surface area contributed by atoms with Crippen LogP contribution in [0.1, 0.15) is 24.8 Å². The lowest BCUT2D eigenvalue weighted by Crippen LogP contribution is -2.45. The van der Waals surface area contributed by atoms with Crippen LogP contribution in [0.3, 0.4) is 0 Å². The van der Waals surface area contributed by atoms with E-state index in [4.69, 9.17) is 28.9 Å². The minimum Gasteiger partial charge on any atom is -0.355 e. The first-order valence-electron chi connectivity index (χ1n) is 7.53. The fourth-order valence-electron chi connectivity index (χ4n) is 3.89. The lowest BCUT2D eigenvalue weighted by Gasteiger charge is -2.27. The first-order chi connectivity index (χ1) is 10.1. The van der Waals surface area contributed by atoms with Crippen LogP contribution in [0.4, 0.5) is 0 Å². The molecule has 2 bridgehead atoms. The molecule has 3 N–H and O–H groups in total.